The van der Waals surface area contributed by atoms with Gasteiger partial charge in [-0.25, -0.2) is 0 Å². The van der Waals surface area contributed by atoms with Crippen LogP contribution in [-0.2, 0) is 16.0 Å². The number of hydrogen-bond donors (Lipinski definition) is 1. The van der Waals surface area contributed by atoms with Crippen molar-refractivity contribution in [1.29, 1.82) is 0 Å². The molecule has 4 heteroatoms. The van der Waals surface area contributed by atoms with Gasteiger partial charge in [-0.2, -0.15) is 0 Å². The number of fused-ring (bicyclic) bond motifs is 1. The lowest BCUT2D eigenvalue weighted by Crippen LogP contribution is -2.44. The van der Waals surface area contributed by atoms with E-state index in [1.165, 1.54) is 6.92 Å². The molecule has 1 aromatic carbocycles. The van der Waals surface area contributed by atoms with Crippen molar-refractivity contribution in [1.82, 2.24) is 5.32 Å². The van der Waals surface area contributed by atoms with E-state index in [1.807, 2.05) is 18.2 Å². The molecule has 4 nitrogen and oxygen atoms in total. The maximum absolute atomic E-state index is 11.7. The fourth-order valence-electron chi connectivity index (χ4n) is 1.82. The zero-order valence-electron chi connectivity index (χ0n) is 9.03. The van der Waals surface area contributed by atoms with Gasteiger partial charge < -0.3 is 10.1 Å². The van der Waals surface area contributed by atoms with Crippen LogP contribution in [0.25, 0.3) is 0 Å². The van der Waals surface area contributed by atoms with E-state index in [4.69, 9.17) is 4.74 Å². The van der Waals surface area contributed by atoms with Crippen LogP contribution in [0, 0.1) is 0 Å². The minimum absolute atomic E-state index is 0.0981. The number of esters is 1. The molecular weight excluding hydrogens is 206 g/mol. The van der Waals surface area contributed by atoms with Crippen LogP contribution in [0.5, 0.6) is 0 Å². The Hall–Kier alpha value is -1.84. The van der Waals surface area contributed by atoms with Crippen molar-refractivity contribution in [2.75, 3.05) is 6.61 Å². The monoisotopic (exact) mass is 219 g/mol. The van der Waals surface area contributed by atoms with E-state index >= 15 is 0 Å². The first-order valence-corrected chi connectivity index (χ1v) is 5.19. The minimum Gasteiger partial charge on any atom is -0.464 e. The molecule has 1 amide bonds. The number of nitrogens with one attached hydrogen (secondary N) is 1. The third-order valence-electron chi connectivity index (χ3n) is 2.55. The fraction of sp³-hybridized carbons (Fsp3) is 0.333. The largest absolute Gasteiger partial charge is 0.464 e. The van der Waals surface area contributed by atoms with Crippen molar-refractivity contribution in [3.8, 4) is 0 Å². The number of rotatable bonds is 2. The molecule has 0 radical (unpaired) electrons. The third kappa shape index (κ3) is 2.21. The van der Waals surface area contributed by atoms with Gasteiger partial charge in [-0.3, -0.25) is 9.59 Å². The highest BCUT2D eigenvalue weighted by Gasteiger charge is 2.24. The molecule has 16 heavy (non-hydrogen) atoms. The average Bonchev–Trinajstić information content (AvgIpc) is 2.26. The molecule has 0 spiro atoms. The average molecular weight is 219 g/mol. The molecule has 2 rings (SSSR count). The zero-order chi connectivity index (χ0) is 11.5. The Morgan fingerprint density at radius 2 is 2.25 bits per heavy atom. The Bertz CT molecular complexity index is 428. The Morgan fingerprint density at radius 3 is 3.00 bits per heavy atom. The van der Waals surface area contributed by atoms with Gasteiger partial charge in [0.25, 0.3) is 5.91 Å². The topological polar surface area (TPSA) is 55.4 Å². The number of ether oxygens (including phenoxy) is 1. The zero-order valence-corrected chi connectivity index (χ0v) is 9.03. The van der Waals surface area contributed by atoms with Gasteiger partial charge in [0.15, 0.2) is 0 Å². The number of benzene rings is 1. The molecule has 1 aliphatic rings. The van der Waals surface area contributed by atoms with E-state index in [-0.39, 0.29) is 24.5 Å². The highest BCUT2D eigenvalue weighted by Crippen LogP contribution is 2.16. The van der Waals surface area contributed by atoms with Crippen LogP contribution in [0.2, 0.25) is 0 Å². The first-order valence-electron chi connectivity index (χ1n) is 5.19. The van der Waals surface area contributed by atoms with Gasteiger partial charge in [0.2, 0.25) is 0 Å². The third-order valence-corrected chi connectivity index (χ3v) is 2.55. The molecule has 0 unspecified atom stereocenters. The van der Waals surface area contributed by atoms with Crippen LogP contribution in [0.1, 0.15) is 22.8 Å². The van der Waals surface area contributed by atoms with Crippen LogP contribution in [0.15, 0.2) is 24.3 Å². The smallest absolute Gasteiger partial charge is 0.302 e. The van der Waals surface area contributed by atoms with Crippen LogP contribution < -0.4 is 5.32 Å². The summed E-state index contributed by atoms with van der Waals surface area (Å²) in [7, 11) is 0. The van der Waals surface area contributed by atoms with Crippen LogP contribution in [-0.4, -0.2) is 24.5 Å². The predicted octanol–water partition coefficient (Wildman–Crippen LogP) is 0.904. The van der Waals surface area contributed by atoms with Gasteiger partial charge in [0.1, 0.15) is 6.61 Å². The molecule has 1 atom stereocenters. The SMILES string of the molecule is CC(=O)OC[C@@H]1Cc2ccccc2C(=O)N1. The van der Waals surface area contributed by atoms with E-state index in [0.717, 1.165) is 5.56 Å². The quantitative estimate of drug-likeness (QED) is 0.752. The summed E-state index contributed by atoms with van der Waals surface area (Å²) in [5.41, 5.74) is 1.71. The molecule has 0 aromatic heterocycles. The van der Waals surface area contributed by atoms with Gasteiger partial charge in [-0.1, -0.05) is 18.2 Å². The lowest BCUT2D eigenvalue weighted by molar-refractivity contribution is -0.141. The fourth-order valence-corrected chi connectivity index (χ4v) is 1.82. The normalized spacial score (nSPS) is 18.6. The Balaban J connectivity index is 2.09. The molecule has 1 heterocycles. The Labute approximate surface area is 93.6 Å². The molecule has 0 saturated heterocycles. The van der Waals surface area contributed by atoms with Crippen molar-refractivity contribution in [3.05, 3.63) is 35.4 Å². The van der Waals surface area contributed by atoms with Gasteiger partial charge in [-0.05, 0) is 18.1 Å². The summed E-state index contributed by atoms with van der Waals surface area (Å²) in [5, 5.41) is 2.81. The van der Waals surface area contributed by atoms with Crippen LogP contribution in [0.3, 0.4) is 0 Å². The number of hydrogen-bond acceptors (Lipinski definition) is 3. The van der Waals surface area contributed by atoms with Crippen LogP contribution in [0.4, 0.5) is 0 Å². The van der Waals surface area contributed by atoms with Gasteiger partial charge in [0, 0.05) is 12.5 Å². The van der Waals surface area contributed by atoms with E-state index in [0.29, 0.717) is 12.0 Å². The molecular formula is C12H13NO3. The Morgan fingerprint density at radius 1 is 1.50 bits per heavy atom. The first-order chi connectivity index (χ1) is 7.66. The minimum atomic E-state index is -0.326. The molecule has 1 aliphatic heterocycles. The van der Waals surface area contributed by atoms with Crippen molar-refractivity contribution < 1.29 is 14.3 Å². The van der Waals surface area contributed by atoms with Crippen molar-refractivity contribution >= 4 is 11.9 Å². The summed E-state index contributed by atoms with van der Waals surface area (Å²) < 4.78 is 4.89. The summed E-state index contributed by atoms with van der Waals surface area (Å²) in [6.45, 7) is 1.59. The predicted molar refractivity (Wildman–Crippen MR) is 58.0 cm³/mol. The molecule has 1 aromatic rings. The number of amides is 1. The highest BCUT2D eigenvalue weighted by atomic mass is 16.5. The summed E-state index contributed by atoms with van der Waals surface area (Å²) in [6.07, 6.45) is 0.704. The second-order valence-electron chi connectivity index (χ2n) is 3.83. The van der Waals surface area contributed by atoms with E-state index in [2.05, 4.69) is 5.32 Å². The summed E-state index contributed by atoms with van der Waals surface area (Å²) in [6, 6.07) is 7.35. The Kier molecular flexibility index (Phi) is 2.90. The highest BCUT2D eigenvalue weighted by molar-refractivity contribution is 5.97. The molecule has 0 fully saturated rings. The lowest BCUT2D eigenvalue weighted by Gasteiger charge is -2.24. The van der Waals surface area contributed by atoms with Gasteiger partial charge >= 0.3 is 5.97 Å². The molecule has 0 bridgehead atoms. The lowest BCUT2D eigenvalue weighted by atomic mass is 9.96. The second kappa shape index (κ2) is 4.35. The standard InChI is InChI=1S/C12H13NO3/c1-8(14)16-7-10-6-9-4-2-3-5-11(9)12(15)13-10/h2-5,10H,6-7H2,1H3,(H,13,15)/t10-/m0/s1. The van der Waals surface area contributed by atoms with E-state index in [9.17, 15) is 9.59 Å². The molecule has 1 N–H and O–H groups in total. The van der Waals surface area contributed by atoms with Gasteiger partial charge in [0.05, 0.1) is 6.04 Å². The number of carbonyl (C=O) groups excluding carboxylic acids is 2. The summed E-state index contributed by atoms with van der Waals surface area (Å²) in [4.78, 5) is 22.4. The summed E-state index contributed by atoms with van der Waals surface area (Å²) in [5.74, 6) is -0.424. The molecule has 0 saturated carbocycles. The summed E-state index contributed by atoms with van der Waals surface area (Å²) >= 11 is 0. The van der Waals surface area contributed by atoms with E-state index < -0.39 is 0 Å². The first kappa shape index (κ1) is 10.7. The van der Waals surface area contributed by atoms with Crippen LogP contribution >= 0.6 is 0 Å². The van der Waals surface area contributed by atoms with E-state index in [1.54, 1.807) is 6.07 Å². The van der Waals surface area contributed by atoms with Crippen molar-refractivity contribution in [2.24, 2.45) is 0 Å². The van der Waals surface area contributed by atoms with Crippen molar-refractivity contribution in [2.45, 2.75) is 19.4 Å². The van der Waals surface area contributed by atoms with Gasteiger partial charge in [-0.15, -0.1) is 0 Å². The maximum atomic E-state index is 11.7. The maximum Gasteiger partial charge on any atom is 0.302 e. The van der Waals surface area contributed by atoms with Crippen molar-refractivity contribution in [3.63, 3.8) is 0 Å². The number of carbonyl (C=O) groups is 2. The second-order valence-corrected chi connectivity index (χ2v) is 3.83. The molecule has 84 valence electrons. The molecule has 0 aliphatic carbocycles.